The van der Waals surface area contributed by atoms with Gasteiger partial charge in [-0.25, -0.2) is 9.78 Å². The van der Waals surface area contributed by atoms with E-state index in [0.29, 0.717) is 26.8 Å². The van der Waals surface area contributed by atoms with Crippen molar-refractivity contribution in [3.8, 4) is 5.69 Å². The summed E-state index contributed by atoms with van der Waals surface area (Å²) in [5.41, 5.74) is 0.802. The number of halogens is 1. The average Bonchev–Trinajstić information content (AvgIpc) is 2.65. The highest BCUT2D eigenvalue weighted by Gasteiger charge is 2.16. The quantitative estimate of drug-likeness (QED) is 0.478. The zero-order valence-corrected chi connectivity index (χ0v) is 17.4. The third-order valence-electron chi connectivity index (χ3n) is 3.82. The summed E-state index contributed by atoms with van der Waals surface area (Å²) < 4.78 is 1.42. The van der Waals surface area contributed by atoms with Gasteiger partial charge in [-0.05, 0) is 44.2 Å². The Bertz CT molecular complexity index is 1130. The molecular formula is C20H19ClN4O3S. The van der Waals surface area contributed by atoms with Crippen molar-refractivity contribution >= 4 is 46.2 Å². The predicted octanol–water partition coefficient (Wildman–Crippen LogP) is 3.37. The van der Waals surface area contributed by atoms with Gasteiger partial charge < -0.3 is 5.32 Å². The van der Waals surface area contributed by atoms with Crippen molar-refractivity contribution in [2.75, 3.05) is 5.75 Å². The van der Waals surface area contributed by atoms with Gasteiger partial charge in [-0.15, -0.1) is 0 Å². The molecule has 1 aromatic heterocycles. The zero-order valence-electron chi connectivity index (χ0n) is 15.8. The minimum absolute atomic E-state index is 0.0864. The van der Waals surface area contributed by atoms with Gasteiger partial charge in [0.25, 0.3) is 5.56 Å². The van der Waals surface area contributed by atoms with Gasteiger partial charge in [0.15, 0.2) is 5.16 Å². The van der Waals surface area contributed by atoms with E-state index in [2.05, 4.69) is 15.6 Å². The summed E-state index contributed by atoms with van der Waals surface area (Å²) in [7, 11) is 0. The van der Waals surface area contributed by atoms with Gasteiger partial charge in [0.1, 0.15) is 0 Å². The SMILES string of the molecule is CC(C)NC(=O)NC(=O)CSc1nc2ccccc2c(=O)n1-c1cccc(Cl)c1. The van der Waals surface area contributed by atoms with E-state index in [1.54, 1.807) is 62.4 Å². The van der Waals surface area contributed by atoms with Crippen molar-refractivity contribution < 1.29 is 9.59 Å². The molecule has 0 aliphatic rings. The molecule has 29 heavy (non-hydrogen) atoms. The molecule has 7 nitrogen and oxygen atoms in total. The van der Waals surface area contributed by atoms with E-state index < -0.39 is 11.9 Å². The van der Waals surface area contributed by atoms with Crippen LogP contribution in [0.5, 0.6) is 0 Å². The van der Waals surface area contributed by atoms with Crippen LogP contribution in [0, 0.1) is 0 Å². The van der Waals surface area contributed by atoms with E-state index in [-0.39, 0.29) is 17.4 Å². The molecule has 0 aliphatic carbocycles. The zero-order chi connectivity index (χ0) is 21.0. The van der Waals surface area contributed by atoms with Gasteiger partial charge in [-0.2, -0.15) is 0 Å². The Morgan fingerprint density at radius 2 is 1.93 bits per heavy atom. The summed E-state index contributed by atoms with van der Waals surface area (Å²) in [5.74, 6) is -0.579. The van der Waals surface area contributed by atoms with Crippen LogP contribution in [0.1, 0.15) is 13.8 Å². The number of aromatic nitrogens is 2. The number of hydrogen-bond acceptors (Lipinski definition) is 5. The number of para-hydroxylation sites is 1. The first-order chi connectivity index (χ1) is 13.8. The highest BCUT2D eigenvalue weighted by Crippen LogP contribution is 2.22. The van der Waals surface area contributed by atoms with Gasteiger partial charge in [0, 0.05) is 11.1 Å². The number of thioether (sulfide) groups is 1. The van der Waals surface area contributed by atoms with E-state index in [9.17, 15) is 14.4 Å². The molecule has 0 spiro atoms. The number of rotatable bonds is 5. The molecule has 2 aromatic carbocycles. The topological polar surface area (TPSA) is 93.1 Å². The number of nitrogens with one attached hydrogen (secondary N) is 2. The van der Waals surface area contributed by atoms with E-state index in [0.717, 1.165) is 11.8 Å². The third kappa shape index (κ3) is 5.16. The number of amides is 3. The maximum absolute atomic E-state index is 13.1. The number of imide groups is 1. The highest BCUT2D eigenvalue weighted by molar-refractivity contribution is 7.99. The molecule has 3 amide bonds. The monoisotopic (exact) mass is 430 g/mol. The smallest absolute Gasteiger partial charge is 0.321 e. The summed E-state index contributed by atoms with van der Waals surface area (Å²) in [6, 6.07) is 13.2. The fourth-order valence-corrected chi connectivity index (χ4v) is 3.64. The lowest BCUT2D eigenvalue weighted by Gasteiger charge is -2.13. The van der Waals surface area contributed by atoms with Crippen LogP contribution in [0.3, 0.4) is 0 Å². The lowest BCUT2D eigenvalue weighted by molar-refractivity contribution is -0.117. The van der Waals surface area contributed by atoms with Gasteiger partial charge in [0.05, 0.1) is 22.3 Å². The number of urea groups is 1. The number of hydrogen-bond donors (Lipinski definition) is 2. The van der Waals surface area contributed by atoms with E-state index in [4.69, 9.17) is 11.6 Å². The fraction of sp³-hybridized carbons (Fsp3) is 0.200. The van der Waals surface area contributed by atoms with Crippen molar-refractivity contribution in [2.45, 2.75) is 25.0 Å². The van der Waals surface area contributed by atoms with E-state index in [1.165, 1.54) is 4.57 Å². The molecule has 0 atom stereocenters. The molecule has 3 aromatic rings. The van der Waals surface area contributed by atoms with Crippen molar-refractivity contribution in [1.82, 2.24) is 20.2 Å². The molecule has 0 fully saturated rings. The van der Waals surface area contributed by atoms with Crippen LogP contribution in [0.15, 0.2) is 58.5 Å². The lowest BCUT2D eigenvalue weighted by Crippen LogP contribution is -2.43. The Balaban J connectivity index is 1.94. The van der Waals surface area contributed by atoms with Crippen molar-refractivity contribution in [3.63, 3.8) is 0 Å². The van der Waals surface area contributed by atoms with E-state index >= 15 is 0 Å². The summed E-state index contributed by atoms with van der Waals surface area (Å²) in [6.45, 7) is 3.59. The number of nitrogens with zero attached hydrogens (tertiary/aromatic N) is 2. The van der Waals surface area contributed by atoms with Crippen LogP contribution < -0.4 is 16.2 Å². The number of benzene rings is 2. The van der Waals surface area contributed by atoms with Crippen LogP contribution in [0.4, 0.5) is 4.79 Å². The minimum Gasteiger partial charge on any atom is -0.336 e. The molecule has 1 heterocycles. The number of carbonyl (C=O) groups is 2. The summed E-state index contributed by atoms with van der Waals surface area (Å²) in [4.78, 5) is 41.5. The minimum atomic E-state index is -0.565. The van der Waals surface area contributed by atoms with Crippen molar-refractivity contribution in [1.29, 1.82) is 0 Å². The first-order valence-corrected chi connectivity index (χ1v) is 10.2. The lowest BCUT2D eigenvalue weighted by atomic mass is 10.2. The second-order valence-electron chi connectivity index (χ2n) is 6.50. The van der Waals surface area contributed by atoms with Gasteiger partial charge in [-0.3, -0.25) is 19.5 Å². The molecule has 9 heteroatoms. The molecule has 0 saturated heterocycles. The number of carbonyl (C=O) groups excluding carboxylic acids is 2. The van der Waals surface area contributed by atoms with Crippen LogP contribution >= 0.6 is 23.4 Å². The normalized spacial score (nSPS) is 10.9. The maximum atomic E-state index is 13.1. The Kier molecular flexibility index (Phi) is 6.56. The molecule has 2 N–H and O–H groups in total. The highest BCUT2D eigenvalue weighted by atomic mass is 35.5. The average molecular weight is 431 g/mol. The molecular weight excluding hydrogens is 412 g/mol. The first-order valence-electron chi connectivity index (χ1n) is 8.86. The largest absolute Gasteiger partial charge is 0.336 e. The maximum Gasteiger partial charge on any atom is 0.321 e. The van der Waals surface area contributed by atoms with E-state index in [1.807, 2.05) is 0 Å². The molecule has 0 unspecified atom stereocenters. The van der Waals surface area contributed by atoms with Crippen molar-refractivity contribution in [3.05, 3.63) is 63.9 Å². The van der Waals surface area contributed by atoms with Gasteiger partial charge in [0.2, 0.25) is 5.91 Å². The van der Waals surface area contributed by atoms with Gasteiger partial charge in [-0.1, -0.05) is 41.6 Å². The first kappa shape index (κ1) is 20.9. The molecule has 0 radical (unpaired) electrons. The summed E-state index contributed by atoms with van der Waals surface area (Å²) in [6.07, 6.45) is 0. The second-order valence-corrected chi connectivity index (χ2v) is 7.88. The standard InChI is InChI=1S/C20H19ClN4O3S/c1-12(2)22-19(28)24-17(26)11-29-20-23-16-9-4-3-8-15(16)18(27)25(20)14-7-5-6-13(21)10-14/h3-10,12H,11H2,1-2H3,(H2,22,24,26,28). The predicted molar refractivity (Wildman–Crippen MR) is 115 cm³/mol. The molecule has 0 bridgehead atoms. The summed E-state index contributed by atoms with van der Waals surface area (Å²) in [5, 5.41) is 6.10. The Morgan fingerprint density at radius 1 is 1.17 bits per heavy atom. The molecule has 0 aliphatic heterocycles. The van der Waals surface area contributed by atoms with Crippen LogP contribution in [0.25, 0.3) is 16.6 Å². The second kappa shape index (κ2) is 9.11. The van der Waals surface area contributed by atoms with Crippen LogP contribution in [0.2, 0.25) is 5.02 Å². The fourth-order valence-electron chi connectivity index (χ4n) is 2.64. The molecule has 0 saturated carbocycles. The van der Waals surface area contributed by atoms with Crippen LogP contribution in [-0.2, 0) is 4.79 Å². The number of fused-ring (bicyclic) bond motifs is 1. The van der Waals surface area contributed by atoms with Crippen LogP contribution in [-0.4, -0.2) is 33.3 Å². The molecule has 3 rings (SSSR count). The Morgan fingerprint density at radius 3 is 2.66 bits per heavy atom. The van der Waals surface area contributed by atoms with Crippen molar-refractivity contribution in [2.24, 2.45) is 0 Å². The third-order valence-corrected chi connectivity index (χ3v) is 4.99. The summed E-state index contributed by atoms with van der Waals surface area (Å²) >= 11 is 7.16. The van der Waals surface area contributed by atoms with Gasteiger partial charge >= 0.3 is 6.03 Å². The molecule has 150 valence electrons. The Labute approximate surface area is 176 Å². The Hall–Kier alpha value is -2.84.